The summed E-state index contributed by atoms with van der Waals surface area (Å²) in [4.78, 5) is 30.1. The smallest absolute Gasteiger partial charge is 0.475 e. The Morgan fingerprint density at radius 2 is 2.03 bits per heavy atom. The van der Waals surface area contributed by atoms with Crippen molar-refractivity contribution in [1.82, 2.24) is 9.88 Å². The number of halogens is 3. The molecule has 1 atom stereocenters. The van der Waals surface area contributed by atoms with E-state index in [0.717, 1.165) is 30.6 Å². The van der Waals surface area contributed by atoms with Gasteiger partial charge in [0.15, 0.2) is 0 Å². The number of carboxylic acids is 1. The van der Waals surface area contributed by atoms with Crippen LogP contribution in [0.2, 0.25) is 0 Å². The molecule has 7 nitrogen and oxygen atoms in total. The second kappa shape index (κ2) is 9.30. The van der Waals surface area contributed by atoms with Crippen LogP contribution in [0, 0.1) is 0 Å². The minimum absolute atomic E-state index is 0.0986. The first-order valence-corrected chi connectivity index (χ1v) is 11.4. The number of amides is 1. The number of likely N-dealkylation sites (tertiary alicyclic amines) is 1. The molecule has 178 valence electrons. The van der Waals surface area contributed by atoms with E-state index in [-0.39, 0.29) is 17.6 Å². The van der Waals surface area contributed by atoms with Gasteiger partial charge in [0.05, 0.1) is 24.6 Å². The molecule has 11 heteroatoms. The molecule has 1 amide bonds. The number of carboxylic acid groups (broad SMARTS) is 1. The van der Waals surface area contributed by atoms with Crippen molar-refractivity contribution in [1.29, 1.82) is 0 Å². The molecule has 0 saturated carbocycles. The van der Waals surface area contributed by atoms with E-state index in [2.05, 4.69) is 11.1 Å². The van der Waals surface area contributed by atoms with Gasteiger partial charge in [0.2, 0.25) is 5.88 Å². The van der Waals surface area contributed by atoms with Gasteiger partial charge in [-0.15, -0.1) is 11.3 Å². The van der Waals surface area contributed by atoms with E-state index in [4.69, 9.17) is 19.4 Å². The van der Waals surface area contributed by atoms with Gasteiger partial charge >= 0.3 is 12.1 Å². The predicted octanol–water partition coefficient (Wildman–Crippen LogP) is 3.72. The lowest BCUT2D eigenvalue weighted by molar-refractivity contribution is -0.192. The van der Waals surface area contributed by atoms with Gasteiger partial charge < -0.3 is 19.5 Å². The number of carbonyl (C=O) groups is 2. The molecule has 0 bridgehead atoms. The van der Waals surface area contributed by atoms with Crippen molar-refractivity contribution in [3.05, 3.63) is 45.8 Å². The van der Waals surface area contributed by atoms with Crippen molar-refractivity contribution >= 4 is 23.2 Å². The monoisotopic (exact) mass is 484 g/mol. The number of thiophene rings is 1. The van der Waals surface area contributed by atoms with Gasteiger partial charge in [-0.25, -0.2) is 9.78 Å². The van der Waals surface area contributed by atoms with Crippen LogP contribution in [0.15, 0.2) is 30.5 Å². The molecule has 3 aliphatic rings. The summed E-state index contributed by atoms with van der Waals surface area (Å²) in [5.74, 6) is -1.94. The first-order chi connectivity index (χ1) is 15.7. The molecule has 0 radical (unpaired) electrons. The minimum Gasteiger partial charge on any atom is -0.475 e. The molecule has 2 aliphatic heterocycles. The number of hydrogen-bond acceptors (Lipinski definition) is 6. The highest BCUT2D eigenvalue weighted by Gasteiger charge is 2.50. The fraction of sp³-hybridized carbons (Fsp3) is 0.500. The largest absolute Gasteiger partial charge is 0.490 e. The van der Waals surface area contributed by atoms with Gasteiger partial charge in [-0.1, -0.05) is 6.07 Å². The van der Waals surface area contributed by atoms with E-state index >= 15 is 0 Å². The van der Waals surface area contributed by atoms with E-state index in [0.29, 0.717) is 25.6 Å². The third kappa shape index (κ3) is 5.47. The highest BCUT2D eigenvalue weighted by molar-refractivity contribution is 7.14. The third-order valence-corrected chi connectivity index (χ3v) is 7.04. The molecule has 0 aromatic carbocycles. The van der Waals surface area contributed by atoms with Crippen LogP contribution in [0.4, 0.5) is 13.2 Å². The number of hydrogen-bond donors (Lipinski definition) is 1. The molecule has 4 heterocycles. The highest BCUT2D eigenvalue weighted by Crippen LogP contribution is 2.38. The van der Waals surface area contributed by atoms with Crippen molar-refractivity contribution in [3.63, 3.8) is 0 Å². The quantitative estimate of drug-likeness (QED) is 0.715. The lowest BCUT2D eigenvalue weighted by Crippen LogP contribution is -2.67. The number of ether oxygens (including phenoxy) is 2. The number of nitrogens with zero attached hydrogens (tertiary/aromatic N) is 2. The molecule has 5 rings (SSSR count). The predicted molar refractivity (Wildman–Crippen MR) is 113 cm³/mol. The number of pyridine rings is 1. The molecule has 2 saturated heterocycles. The Balaban J connectivity index is 0.000000325. The molecule has 1 N–H and O–H groups in total. The normalized spacial score (nSPS) is 20.9. The number of carbonyl (C=O) groups excluding carboxylic acids is 1. The van der Waals surface area contributed by atoms with Crippen LogP contribution in [0.5, 0.6) is 5.88 Å². The lowest BCUT2D eigenvalue weighted by Gasteiger charge is -2.52. The molecular formula is C22H23F3N2O5S. The number of aryl methyl sites for hydroxylation is 2. The van der Waals surface area contributed by atoms with Crippen molar-refractivity contribution in [2.24, 2.45) is 0 Å². The van der Waals surface area contributed by atoms with Gasteiger partial charge in [-0.2, -0.15) is 13.2 Å². The van der Waals surface area contributed by atoms with E-state index < -0.39 is 12.1 Å². The Bertz CT molecular complexity index is 984. The Kier molecular flexibility index (Phi) is 6.62. The second-order valence-corrected chi connectivity index (χ2v) is 9.45. The van der Waals surface area contributed by atoms with E-state index in [9.17, 15) is 18.0 Å². The van der Waals surface area contributed by atoms with Gasteiger partial charge in [0.25, 0.3) is 5.91 Å². The standard InChI is InChI=1S/C20H22N2O3S.C2HF3O2/c23-19(17-10-14-4-3-5-16(14)26-17)22-12-20(13-22)11-15(7-9-24-20)25-18-6-1-2-8-21-18;3-2(4,5)1(6)7/h1-2,6,8,10,15H,3-5,7,9,11-13H2;(H,6,7). The third-order valence-electron chi connectivity index (χ3n) is 5.82. The summed E-state index contributed by atoms with van der Waals surface area (Å²) in [7, 11) is 0. The summed E-state index contributed by atoms with van der Waals surface area (Å²) >= 11 is 1.68. The zero-order valence-electron chi connectivity index (χ0n) is 17.6. The van der Waals surface area contributed by atoms with Crippen LogP contribution >= 0.6 is 11.3 Å². The van der Waals surface area contributed by atoms with Crippen molar-refractivity contribution in [3.8, 4) is 5.88 Å². The number of rotatable bonds is 3. The zero-order valence-corrected chi connectivity index (χ0v) is 18.5. The number of fused-ring (bicyclic) bond motifs is 1. The first-order valence-electron chi connectivity index (χ1n) is 10.6. The van der Waals surface area contributed by atoms with Gasteiger partial charge in [0.1, 0.15) is 11.7 Å². The van der Waals surface area contributed by atoms with Crippen LogP contribution in [-0.4, -0.2) is 64.4 Å². The molecule has 2 aromatic rings. The number of aliphatic carboxylic acids is 1. The molecule has 1 unspecified atom stereocenters. The van der Waals surface area contributed by atoms with E-state index in [1.54, 1.807) is 17.5 Å². The molecule has 1 aliphatic carbocycles. The Labute approximate surface area is 192 Å². The number of aromatic nitrogens is 1. The van der Waals surface area contributed by atoms with Crippen molar-refractivity contribution in [2.75, 3.05) is 19.7 Å². The molecule has 2 aromatic heterocycles. The molecule has 2 fully saturated rings. The fourth-order valence-electron chi connectivity index (χ4n) is 4.27. The van der Waals surface area contributed by atoms with Gasteiger partial charge in [-0.05, 0) is 37.0 Å². The average molecular weight is 484 g/mol. The minimum atomic E-state index is -5.08. The summed E-state index contributed by atoms with van der Waals surface area (Å²) in [6.07, 6.45) is 1.92. The SMILES string of the molecule is O=C(O)C(F)(F)F.O=C(c1cc2c(s1)CCC2)N1CC2(CC(Oc3ccccn3)CCO2)C1. The van der Waals surface area contributed by atoms with Crippen LogP contribution in [0.3, 0.4) is 0 Å². The Hall–Kier alpha value is -2.66. The molecule has 33 heavy (non-hydrogen) atoms. The summed E-state index contributed by atoms with van der Waals surface area (Å²) in [6, 6.07) is 7.80. The van der Waals surface area contributed by atoms with Crippen LogP contribution < -0.4 is 4.74 Å². The first kappa shape index (κ1) is 23.5. The Morgan fingerprint density at radius 3 is 2.67 bits per heavy atom. The van der Waals surface area contributed by atoms with Crippen LogP contribution in [0.25, 0.3) is 0 Å². The van der Waals surface area contributed by atoms with Crippen LogP contribution in [0.1, 0.15) is 39.4 Å². The van der Waals surface area contributed by atoms with Crippen LogP contribution in [-0.2, 0) is 22.4 Å². The maximum atomic E-state index is 12.8. The zero-order chi connectivity index (χ0) is 23.6. The Morgan fingerprint density at radius 1 is 1.27 bits per heavy atom. The summed E-state index contributed by atoms with van der Waals surface area (Å²) in [6.45, 7) is 2.00. The highest BCUT2D eigenvalue weighted by atomic mass is 32.1. The topological polar surface area (TPSA) is 89.0 Å². The van der Waals surface area contributed by atoms with Crippen molar-refractivity contribution in [2.45, 2.75) is 50.0 Å². The van der Waals surface area contributed by atoms with Gasteiger partial charge in [-0.3, -0.25) is 4.79 Å². The molecule has 1 spiro atoms. The molecular weight excluding hydrogens is 461 g/mol. The van der Waals surface area contributed by atoms with E-state index in [1.807, 2.05) is 23.1 Å². The summed E-state index contributed by atoms with van der Waals surface area (Å²) in [5, 5.41) is 7.12. The maximum Gasteiger partial charge on any atom is 0.490 e. The average Bonchev–Trinajstić information content (AvgIpc) is 3.34. The summed E-state index contributed by atoms with van der Waals surface area (Å²) < 4.78 is 43.8. The van der Waals surface area contributed by atoms with Gasteiger partial charge in [0, 0.05) is 30.0 Å². The lowest BCUT2D eigenvalue weighted by atomic mass is 9.84. The van der Waals surface area contributed by atoms with Crippen molar-refractivity contribution < 1.29 is 37.3 Å². The number of alkyl halides is 3. The maximum absolute atomic E-state index is 12.8. The second-order valence-electron chi connectivity index (χ2n) is 8.31. The summed E-state index contributed by atoms with van der Waals surface area (Å²) in [5.41, 5.74) is 1.14. The fourth-order valence-corrected chi connectivity index (χ4v) is 5.50. The van der Waals surface area contributed by atoms with E-state index in [1.165, 1.54) is 16.9 Å².